The number of pyridine rings is 1. The number of Topliss-reactive ketones (excluding diaryl/α,β-unsaturated/α-hetero) is 1. The van der Waals surface area contributed by atoms with E-state index in [1.54, 1.807) is 13.0 Å². The van der Waals surface area contributed by atoms with Gasteiger partial charge in [-0.25, -0.2) is 0 Å². The summed E-state index contributed by atoms with van der Waals surface area (Å²) in [6.07, 6.45) is 1.15. The maximum absolute atomic E-state index is 11.8. The second-order valence-electron chi connectivity index (χ2n) is 5.59. The monoisotopic (exact) mass is 246 g/mol. The van der Waals surface area contributed by atoms with Crippen LogP contribution in [0.5, 0.6) is 0 Å². The van der Waals surface area contributed by atoms with Crippen LogP contribution in [0.15, 0.2) is 23.0 Å². The number of ketones is 1. The smallest absolute Gasteiger partial charge is 0.250 e. The van der Waals surface area contributed by atoms with E-state index in [9.17, 15) is 9.59 Å². The van der Waals surface area contributed by atoms with Crippen molar-refractivity contribution in [2.45, 2.75) is 25.8 Å². The molecule has 2 bridgehead atoms. The van der Waals surface area contributed by atoms with Crippen LogP contribution in [-0.4, -0.2) is 34.9 Å². The molecule has 3 rings (SSSR count). The number of hydrogen-bond donors (Lipinski definition) is 0. The molecule has 4 nitrogen and oxygen atoms in total. The van der Waals surface area contributed by atoms with Gasteiger partial charge in [-0.15, -0.1) is 0 Å². The van der Waals surface area contributed by atoms with Gasteiger partial charge in [0.25, 0.3) is 5.56 Å². The first-order valence-corrected chi connectivity index (χ1v) is 6.55. The molecule has 2 aliphatic rings. The summed E-state index contributed by atoms with van der Waals surface area (Å²) in [5.41, 5.74) is 1.26. The Morgan fingerprint density at radius 2 is 2.17 bits per heavy atom. The van der Waals surface area contributed by atoms with Gasteiger partial charge in [-0.3, -0.25) is 14.5 Å². The summed E-state index contributed by atoms with van der Waals surface area (Å²) in [6, 6.07) is 5.54. The van der Waals surface area contributed by atoms with E-state index >= 15 is 0 Å². The Morgan fingerprint density at radius 1 is 1.33 bits per heavy atom. The Balaban J connectivity index is 1.90. The van der Waals surface area contributed by atoms with E-state index in [1.807, 2.05) is 10.6 Å². The van der Waals surface area contributed by atoms with E-state index in [2.05, 4.69) is 11.0 Å². The van der Waals surface area contributed by atoms with Gasteiger partial charge in [0.05, 0.1) is 6.54 Å². The fourth-order valence-corrected chi connectivity index (χ4v) is 3.44. The molecule has 96 valence electrons. The standard InChI is InChI=1S/C14H18N2O2/c1-10(17)6-15-7-11-5-12(9-15)13-3-2-4-14(18)16(13)8-11/h2-4,11-12H,5-9H2,1H3. The third-order valence-electron chi connectivity index (χ3n) is 4.00. The fourth-order valence-electron chi connectivity index (χ4n) is 3.44. The van der Waals surface area contributed by atoms with Gasteiger partial charge in [-0.1, -0.05) is 6.07 Å². The second-order valence-corrected chi connectivity index (χ2v) is 5.59. The average molecular weight is 246 g/mol. The Kier molecular flexibility index (Phi) is 2.82. The molecule has 0 radical (unpaired) electrons. The van der Waals surface area contributed by atoms with Crippen molar-refractivity contribution in [2.75, 3.05) is 19.6 Å². The molecule has 4 heteroatoms. The van der Waals surface area contributed by atoms with Gasteiger partial charge >= 0.3 is 0 Å². The van der Waals surface area contributed by atoms with Crippen molar-refractivity contribution in [1.82, 2.24) is 9.47 Å². The molecule has 1 aromatic heterocycles. The van der Waals surface area contributed by atoms with Gasteiger partial charge in [-0.2, -0.15) is 0 Å². The maximum atomic E-state index is 11.8. The molecule has 3 heterocycles. The van der Waals surface area contributed by atoms with Gasteiger partial charge in [0.15, 0.2) is 0 Å². The Hall–Kier alpha value is -1.42. The first kappa shape index (κ1) is 11.7. The highest BCUT2D eigenvalue weighted by atomic mass is 16.1. The molecule has 0 aromatic carbocycles. The SMILES string of the molecule is CC(=O)CN1CC2CC(C1)c1cccc(=O)n1C2. The van der Waals surface area contributed by atoms with Crippen molar-refractivity contribution >= 4 is 5.78 Å². The minimum absolute atomic E-state index is 0.113. The van der Waals surface area contributed by atoms with E-state index in [4.69, 9.17) is 0 Å². The normalized spacial score (nSPS) is 26.7. The summed E-state index contributed by atoms with van der Waals surface area (Å²) >= 11 is 0. The average Bonchev–Trinajstić information content (AvgIpc) is 2.29. The van der Waals surface area contributed by atoms with Crippen LogP contribution in [0.25, 0.3) is 0 Å². The summed E-state index contributed by atoms with van der Waals surface area (Å²) in [6.45, 7) is 4.84. The molecule has 0 aliphatic carbocycles. The van der Waals surface area contributed by atoms with Crippen molar-refractivity contribution in [1.29, 1.82) is 0 Å². The number of likely N-dealkylation sites (tertiary alicyclic amines) is 1. The lowest BCUT2D eigenvalue weighted by Crippen LogP contribution is -2.48. The van der Waals surface area contributed by atoms with Gasteiger partial charge in [0, 0.05) is 37.3 Å². The van der Waals surface area contributed by atoms with Crippen LogP contribution in [-0.2, 0) is 11.3 Å². The lowest BCUT2D eigenvalue weighted by molar-refractivity contribution is -0.118. The summed E-state index contributed by atoms with van der Waals surface area (Å²) < 4.78 is 1.92. The van der Waals surface area contributed by atoms with Crippen molar-refractivity contribution in [3.63, 3.8) is 0 Å². The number of fused-ring (bicyclic) bond motifs is 4. The zero-order valence-corrected chi connectivity index (χ0v) is 10.6. The largest absolute Gasteiger partial charge is 0.312 e. The molecule has 1 fully saturated rings. The number of hydrogen-bond acceptors (Lipinski definition) is 3. The highest BCUT2D eigenvalue weighted by molar-refractivity contribution is 5.77. The van der Waals surface area contributed by atoms with Gasteiger partial charge in [0.2, 0.25) is 0 Å². The van der Waals surface area contributed by atoms with Crippen molar-refractivity contribution in [3.05, 3.63) is 34.2 Å². The molecule has 2 atom stereocenters. The van der Waals surface area contributed by atoms with Gasteiger partial charge in [-0.05, 0) is 25.3 Å². The Morgan fingerprint density at radius 3 is 2.94 bits per heavy atom. The summed E-state index contributed by atoms with van der Waals surface area (Å²) in [5, 5.41) is 0. The lowest BCUT2D eigenvalue weighted by atomic mass is 9.83. The number of piperidine rings is 1. The first-order chi connectivity index (χ1) is 8.63. The summed E-state index contributed by atoms with van der Waals surface area (Å²) in [5.74, 6) is 1.14. The number of rotatable bonds is 2. The minimum atomic E-state index is 0.113. The molecule has 18 heavy (non-hydrogen) atoms. The van der Waals surface area contributed by atoms with E-state index in [0.717, 1.165) is 31.7 Å². The highest BCUT2D eigenvalue weighted by Gasteiger charge is 2.34. The maximum Gasteiger partial charge on any atom is 0.250 e. The number of carbonyl (C=O) groups is 1. The highest BCUT2D eigenvalue weighted by Crippen LogP contribution is 2.34. The molecule has 0 amide bonds. The van der Waals surface area contributed by atoms with Gasteiger partial charge < -0.3 is 4.57 Å². The zero-order valence-electron chi connectivity index (χ0n) is 10.6. The van der Waals surface area contributed by atoms with Crippen molar-refractivity contribution in [2.24, 2.45) is 5.92 Å². The predicted molar refractivity (Wildman–Crippen MR) is 68.7 cm³/mol. The summed E-state index contributed by atoms with van der Waals surface area (Å²) in [4.78, 5) is 25.3. The summed E-state index contributed by atoms with van der Waals surface area (Å²) in [7, 11) is 0. The molecular formula is C14H18N2O2. The van der Waals surface area contributed by atoms with Crippen LogP contribution in [0.4, 0.5) is 0 Å². The Labute approximate surface area is 106 Å². The van der Waals surface area contributed by atoms with Crippen LogP contribution in [0, 0.1) is 5.92 Å². The molecule has 2 aliphatic heterocycles. The van der Waals surface area contributed by atoms with Gasteiger partial charge in [0.1, 0.15) is 5.78 Å². The van der Waals surface area contributed by atoms with Crippen LogP contribution in [0.3, 0.4) is 0 Å². The third-order valence-corrected chi connectivity index (χ3v) is 4.00. The van der Waals surface area contributed by atoms with Crippen molar-refractivity contribution < 1.29 is 4.79 Å². The molecule has 1 saturated heterocycles. The molecule has 0 N–H and O–H groups in total. The number of carbonyl (C=O) groups excluding carboxylic acids is 1. The third kappa shape index (κ3) is 2.01. The molecule has 1 aromatic rings. The lowest BCUT2D eigenvalue weighted by Gasteiger charge is -2.42. The quantitative estimate of drug-likeness (QED) is 0.777. The van der Waals surface area contributed by atoms with E-state index in [0.29, 0.717) is 18.4 Å². The predicted octanol–water partition coefficient (Wildman–Crippen LogP) is 0.856. The second kappa shape index (κ2) is 4.35. The Bertz CT molecular complexity index is 535. The van der Waals surface area contributed by atoms with Crippen LogP contribution in [0.1, 0.15) is 25.0 Å². The van der Waals surface area contributed by atoms with Crippen LogP contribution >= 0.6 is 0 Å². The van der Waals surface area contributed by atoms with Crippen LogP contribution < -0.4 is 5.56 Å². The molecular weight excluding hydrogens is 228 g/mol. The number of aromatic nitrogens is 1. The van der Waals surface area contributed by atoms with E-state index in [1.165, 1.54) is 0 Å². The molecule has 0 spiro atoms. The molecule has 0 saturated carbocycles. The number of nitrogens with zero attached hydrogens (tertiary/aromatic N) is 2. The van der Waals surface area contributed by atoms with Crippen molar-refractivity contribution in [3.8, 4) is 0 Å². The topological polar surface area (TPSA) is 42.3 Å². The molecule has 2 unspecified atom stereocenters. The van der Waals surface area contributed by atoms with E-state index < -0.39 is 0 Å². The van der Waals surface area contributed by atoms with Crippen LogP contribution in [0.2, 0.25) is 0 Å². The minimum Gasteiger partial charge on any atom is -0.312 e. The zero-order chi connectivity index (χ0) is 12.7. The first-order valence-electron chi connectivity index (χ1n) is 6.55. The van der Waals surface area contributed by atoms with E-state index in [-0.39, 0.29) is 11.3 Å². The fraction of sp³-hybridized carbons (Fsp3) is 0.571.